The molecule has 6 heteroatoms. The van der Waals surface area contributed by atoms with Gasteiger partial charge in [-0.15, -0.1) is 0 Å². The fourth-order valence-electron chi connectivity index (χ4n) is 1.33. The molecule has 0 saturated carbocycles. The molecule has 76 valence electrons. The maximum Gasteiger partial charge on any atom is 0.268 e. The van der Waals surface area contributed by atoms with Gasteiger partial charge in [-0.25, -0.2) is 4.98 Å². The summed E-state index contributed by atoms with van der Waals surface area (Å²) in [5.74, 6) is 0. The molecule has 0 aliphatic carbocycles. The molecule has 1 aromatic rings. The van der Waals surface area contributed by atoms with E-state index in [0.717, 1.165) is 22.7 Å². The number of nitrogens with zero attached hydrogens (tertiary/aromatic N) is 2. The van der Waals surface area contributed by atoms with Crippen molar-refractivity contribution in [3.63, 3.8) is 0 Å². The lowest BCUT2D eigenvalue weighted by Gasteiger charge is -2.03. The predicted octanol–water partition coefficient (Wildman–Crippen LogP) is 2.18. The summed E-state index contributed by atoms with van der Waals surface area (Å²) in [6, 6.07) is 0. The van der Waals surface area contributed by atoms with E-state index in [1.807, 2.05) is 6.92 Å². The van der Waals surface area contributed by atoms with E-state index < -0.39 is 0 Å². The van der Waals surface area contributed by atoms with Gasteiger partial charge in [-0.2, -0.15) is 0 Å². The van der Waals surface area contributed by atoms with Crippen molar-refractivity contribution in [2.24, 2.45) is 0 Å². The molecule has 1 unspecified atom stereocenters. The van der Waals surface area contributed by atoms with Gasteiger partial charge in [-0.3, -0.25) is 9.36 Å². The van der Waals surface area contributed by atoms with E-state index in [-0.39, 0.29) is 5.56 Å². The Balaban J connectivity index is 2.53. The molecular weight excluding hydrogens is 332 g/mol. The van der Waals surface area contributed by atoms with Crippen molar-refractivity contribution in [2.45, 2.75) is 23.9 Å². The molecule has 1 aliphatic heterocycles. The van der Waals surface area contributed by atoms with E-state index in [1.165, 1.54) is 0 Å². The summed E-state index contributed by atoms with van der Waals surface area (Å²) in [6.45, 7) is 2.59. The molecule has 0 aromatic carbocycles. The fourth-order valence-corrected chi connectivity index (χ4v) is 3.30. The van der Waals surface area contributed by atoms with Crippen molar-refractivity contribution in [3.05, 3.63) is 20.5 Å². The van der Waals surface area contributed by atoms with Crippen molar-refractivity contribution in [1.82, 2.24) is 9.55 Å². The van der Waals surface area contributed by atoms with E-state index in [4.69, 9.17) is 0 Å². The Morgan fingerprint density at radius 2 is 2.43 bits per heavy atom. The van der Waals surface area contributed by atoms with E-state index >= 15 is 0 Å². The van der Waals surface area contributed by atoms with Crippen molar-refractivity contribution in [2.75, 3.05) is 5.33 Å². The van der Waals surface area contributed by atoms with Crippen LogP contribution < -0.4 is 5.56 Å². The first-order valence-corrected chi connectivity index (χ1v) is 6.92. The summed E-state index contributed by atoms with van der Waals surface area (Å²) in [5.41, 5.74) is 0.799. The van der Waals surface area contributed by atoms with Gasteiger partial charge in [0.15, 0.2) is 5.16 Å². The zero-order valence-electron chi connectivity index (χ0n) is 7.46. The molecule has 3 nitrogen and oxygen atoms in total. The smallest absolute Gasteiger partial charge is 0.268 e. The maximum absolute atomic E-state index is 11.8. The summed E-state index contributed by atoms with van der Waals surface area (Å²) < 4.78 is 2.31. The Morgan fingerprint density at radius 3 is 3.07 bits per heavy atom. The number of aryl methyl sites for hydroxylation is 1. The van der Waals surface area contributed by atoms with Crippen LogP contribution in [-0.4, -0.2) is 20.1 Å². The van der Waals surface area contributed by atoms with Crippen LogP contribution in [0.5, 0.6) is 0 Å². The monoisotopic (exact) mass is 338 g/mol. The molecule has 1 aromatic heterocycles. The van der Waals surface area contributed by atoms with E-state index in [0.29, 0.717) is 9.72 Å². The molecule has 1 aliphatic rings. The molecule has 2 heterocycles. The number of aromatic nitrogens is 2. The van der Waals surface area contributed by atoms with Crippen molar-refractivity contribution in [1.29, 1.82) is 0 Å². The normalized spacial score (nSPS) is 19.8. The van der Waals surface area contributed by atoms with Gasteiger partial charge in [0.2, 0.25) is 0 Å². The second kappa shape index (κ2) is 3.98. The van der Waals surface area contributed by atoms with Gasteiger partial charge in [0.1, 0.15) is 4.47 Å². The van der Waals surface area contributed by atoms with Crippen LogP contribution in [0.1, 0.15) is 5.69 Å². The van der Waals surface area contributed by atoms with Crippen molar-refractivity contribution < 1.29 is 0 Å². The van der Waals surface area contributed by atoms with Gasteiger partial charge < -0.3 is 0 Å². The maximum atomic E-state index is 11.8. The minimum atomic E-state index is 0.0310. The number of halogens is 2. The average molecular weight is 340 g/mol. The molecule has 0 saturated heterocycles. The minimum Gasteiger partial charge on any atom is -0.285 e. The van der Waals surface area contributed by atoms with Crippen LogP contribution in [0.25, 0.3) is 0 Å². The third-order valence-electron chi connectivity index (χ3n) is 2.08. The molecular formula is C8H8Br2N2OS. The number of fused-ring (bicyclic) bond motifs is 1. The topological polar surface area (TPSA) is 34.9 Å². The summed E-state index contributed by atoms with van der Waals surface area (Å²) >= 11 is 8.34. The average Bonchev–Trinajstić information content (AvgIpc) is 2.57. The van der Waals surface area contributed by atoms with Crippen molar-refractivity contribution >= 4 is 43.6 Å². The largest absolute Gasteiger partial charge is 0.285 e. The van der Waals surface area contributed by atoms with E-state index in [1.54, 1.807) is 16.3 Å². The number of hydrogen-bond acceptors (Lipinski definition) is 3. The predicted molar refractivity (Wildman–Crippen MR) is 64.4 cm³/mol. The first-order valence-electron chi connectivity index (χ1n) is 4.13. The van der Waals surface area contributed by atoms with Gasteiger partial charge in [0.25, 0.3) is 5.56 Å². The standard InChI is InChI=1S/C8H8Br2N2OS/c1-4-6(10)7(13)12-3-5(2-9)14-8(12)11-4/h5H,2-3H2,1H3. The Labute approximate surface area is 103 Å². The van der Waals surface area contributed by atoms with Crippen LogP contribution in [-0.2, 0) is 6.54 Å². The van der Waals surface area contributed by atoms with Gasteiger partial charge >= 0.3 is 0 Å². The summed E-state index contributed by atoms with van der Waals surface area (Å²) in [4.78, 5) is 16.2. The highest BCUT2D eigenvalue weighted by atomic mass is 79.9. The quantitative estimate of drug-likeness (QED) is 0.581. The molecule has 0 amide bonds. The van der Waals surface area contributed by atoms with E-state index in [9.17, 15) is 4.79 Å². The van der Waals surface area contributed by atoms with Crippen LogP contribution in [0.4, 0.5) is 0 Å². The second-order valence-corrected chi connectivity index (χ2v) is 5.81. The Bertz CT molecular complexity index is 432. The van der Waals surface area contributed by atoms with Crippen LogP contribution >= 0.6 is 43.6 Å². The zero-order chi connectivity index (χ0) is 10.3. The highest BCUT2D eigenvalue weighted by Gasteiger charge is 2.25. The van der Waals surface area contributed by atoms with Crippen LogP contribution in [0, 0.1) is 6.92 Å². The molecule has 2 rings (SSSR count). The summed E-state index contributed by atoms with van der Waals surface area (Å²) in [5, 5.41) is 2.14. The van der Waals surface area contributed by atoms with Crippen molar-refractivity contribution in [3.8, 4) is 0 Å². The first kappa shape index (κ1) is 10.7. The van der Waals surface area contributed by atoms with E-state index in [2.05, 4.69) is 36.8 Å². The Morgan fingerprint density at radius 1 is 1.71 bits per heavy atom. The lowest BCUT2D eigenvalue weighted by atomic mass is 10.4. The zero-order valence-corrected chi connectivity index (χ0v) is 11.4. The molecule has 0 spiro atoms. The molecule has 0 fully saturated rings. The molecule has 0 N–H and O–H groups in total. The van der Waals surface area contributed by atoms with Crippen LogP contribution in [0.3, 0.4) is 0 Å². The van der Waals surface area contributed by atoms with Crippen LogP contribution in [0.2, 0.25) is 0 Å². The number of thioether (sulfide) groups is 1. The highest BCUT2D eigenvalue weighted by molar-refractivity contribution is 9.10. The SMILES string of the molecule is Cc1nc2n(c(=O)c1Br)CC(CBr)S2. The number of hydrogen-bond donors (Lipinski definition) is 0. The summed E-state index contributed by atoms with van der Waals surface area (Å²) in [6.07, 6.45) is 0. The van der Waals surface area contributed by atoms with Gasteiger partial charge in [0.05, 0.1) is 5.69 Å². The van der Waals surface area contributed by atoms with Gasteiger partial charge in [0, 0.05) is 17.1 Å². The lowest BCUT2D eigenvalue weighted by Crippen LogP contribution is -2.23. The highest BCUT2D eigenvalue weighted by Crippen LogP contribution is 2.30. The minimum absolute atomic E-state index is 0.0310. The first-order chi connectivity index (χ1) is 6.63. The fraction of sp³-hybridized carbons (Fsp3) is 0.500. The number of rotatable bonds is 1. The third kappa shape index (κ3) is 1.67. The Hall–Kier alpha value is 0.190. The second-order valence-electron chi connectivity index (χ2n) is 3.10. The third-order valence-corrected chi connectivity index (χ3v) is 5.37. The van der Waals surface area contributed by atoms with Crippen LogP contribution in [0.15, 0.2) is 14.4 Å². The summed E-state index contributed by atoms with van der Waals surface area (Å²) in [7, 11) is 0. The molecule has 0 radical (unpaired) electrons. The Kier molecular flexibility index (Phi) is 3.04. The molecule has 0 bridgehead atoms. The molecule has 14 heavy (non-hydrogen) atoms. The molecule has 1 atom stereocenters. The van der Waals surface area contributed by atoms with Gasteiger partial charge in [-0.1, -0.05) is 27.7 Å². The van der Waals surface area contributed by atoms with Gasteiger partial charge in [-0.05, 0) is 22.9 Å². The number of alkyl halides is 1. The lowest BCUT2D eigenvalue weighted by molar-refractivity contribution is 0.613.